The van der Waals surface area contributed by atoms with Gasteiger partial charge in [-0.3, -0.25) is 0 Å². The Hall–Kier alpha value is -0.960. The molecule has 0 saturated heterocycles. The van der Waals surface area contributed by atoms with E-state index >= 15 is 0 Å². The average molecular weight is 125 g/mol. The Balaban J connectivity index is 2.75. The molecule has 0 bridgehead atoms. The molecule has 3 heteroatoms. The molecule has 0 aliphatic heterocycles. The number of ether oxygens (including phenoxy) is 1. The molecule has 1 heterocycles. The summed E-state index contributed by atoms with van der Waals surface area (Å²) in [5.74, 6) is 0. The molecular weight excluding hydrogens is 116 g/mol. The van der Waals surface area contributed by atoms with Crippen molar-refractivity contribution in [3.05, 3.63) is 24.3 Å². The number of hydrogen-bond donors (Lipinski definition) is 0. The molecule has 0 spiro atoms. The minimum atomic E-state index is 0.0366. The first-order valence-electron chi connectivity index (χ1n) is 3.10. The Bertz CT molecular complexity index is 217. The zero-order valence-electron chi connectivity index (χ0n) is 6.16. The van der Waals surface area contributed by atoms with E-state index in [1.807, 2.05) is 0 Å². The summed E-state index contributed by atoms with van der Waals surface area (Å²) in [6.45, 7) is 0.439. The van der Waals surface area contributed by atoms with Crippen molar-refractivity contribution in [3.8, 4) is 0 Å². The molecule has 1 rings (SSSR count). The first kappa shape index (κ1) is 4.88. The Kier molecular flexibility index (Phi) is 1.70. The van der Waals surface area contributed by atoms with Crippen LogP contribution in [0.4, 0.5) is 0 Å². The van der Waals surface area contributed by atoms with Crippen molar-refractivity contribution in [2.75, 3.05) is 7.11 Å². The molecule has 1 aromatic heterocycles. The summed E-state index contributed by atoms with van der Waals surface area (Å²) >= 11 is 0. The van der Waals surface area contributed by atoms with Crippen LogP contribution in [0, 0.1) is 0 Å². The van der Waals surface area contributed by atoms with E-state index in [1.54, 1.807) is 19.4 Å². The van der Waals surface area contributed by atoms with E-state index in [0.717, 1.165) is 5.69 Å². The molecule has 0 aliphatic rings. The van der Waals surface area contributed by atoms with Gasteiger partial charge in [0, 0.05) is 13.3 Å². The van der Waals surface area contributed by atoms with Crippen LogP contribution >= 0.6 is 0 Å². The van der Waals surface area contributed by atoms with E-state index in [-0.39, 0.29) is 6.30 Å². The van der Waals surface area contributed by atoms with E-state index in [2.05, 4.69) is 9.97 Å². The summed E-state index contributed by atoms with van der Waals surface area (Å²) in [6.07, 6.45) is 1.58. The molecule has 0 saturated carbocycles. The monoisotopic (exact) mass is 125 g/mol. The van der Waals surface area contributed by atoms with Crippen molar-refractivity contribution < 1.29 is 6.11 Å². The minimum absolute atomic E-state index is 0.0366. The molecule has 0 atom stereocenters. The highest BCUT2D eigenvalue weighted by molar-refractivity contribution is 4.95. The fourth-order valence-electron chi connectivity index (χ4n) is 0.515. The maximum atomic E-state index is 7.04. The lowest BCUT2D eigenvalue weighted by Crippen LogP contribution is -1.90. The van der Waals surface area contributed by atoms with Gasteiger partial charge in [-0.1, -0.05) is 0 Å². The highest BCUT2D eigenvalue weighted by Crippen LogP contribution is 1.90. The summed E-state index contributed by atoms with van der Waals surface area (Å²) in [6, 6.07) is 1.72. The van der Waals surface area contributed by atoms with Crippen molar-refractivity contribution in [1.82, 2.24) is 9.97 Å². The summed E-state index contributed by atoms with van der Waals surface area (Å²) in [5, 5.41) is 0. The SMILES string of the molecule is [2H]c1nccc(COC)n1. The van der Waals surface area contributed by atoms with Gasteiger partial charge in [-0.2, -0.15) is 0 Å². The third-order valence-corrected chi connectivity index (χ3v) is 0.885. The first-order chi connectivity index (χ1) is 4.83. The number of aromatic nitrogens is 2. The third-order valence-electron chi connectivity index (χ3n) is 0.885. The quantitative estimate of drug-likeness (QED) is 0.581. The lowest BCUT2D eigenvalue weighted by molar-refractivity contribution is 0.181. The van der Waals surface area contributed by atoms with Crippen LogP contribution < -0.4 is 0 Å². The third kappa shape index (κ3) is 1.77. The topological polar surface area (TPSA) is 35.0 Å². The number of methoxy groups -OCH3 is 1. The van der Waals surface area contributed by atoms with E-state index in [9.17, 15) is 0 Å². The summed E-state index contributed by atoms with van der Waals surface area (Å²) in [5.41, 5.74) is 0.738. The molecule has 1 aromatic rings. The second kappa shape index (κ2) is 3.14. The molecule has 3 nitrogen and oxygen atoms in total. The van der Waals surface area contributed by atoms with Crippen molar-refractivity contribution >= 4 is 0 Å². The molecule has 0 aromatic carbocycles. The second-order valence-electron chi connectivity index (χ2n) is 1.58. The van der Waals surface area contributed by atoms with Gasteiger partial charge in [0.15, 0.2) is 0 Å². The van der Waals surface area contributed by atoms with Crippen molar-refractivity contribution in [2.45, 2.75) is 6.61 Å². The van der Waals surface area contributed by atoms with Gasteiger partial charge in [0.25, 0.3) is 0 Å². The number of nitrogens with zero attached hydrogens (tertiary/aromatic N) is 2. The average Bonchev–Trinajstić information content (AvgIpc) is 1.88. The summed E-state index contributed by atoms with van der Waals surface area (Å²) < 4.78 is 11.8. The highest BCUT2D eigenvalue weighted by Gasteiger charge is 1.87. The lowest BCUT2D eigenvalue weighted by Gasteiger charge is -1.93. The molecule has 0 aliphatic carbocycles. The van der Waals surface area contributed by atoms with Gasteiger partial charge >= 0.3 is 0 Å². The molecule has 0 amide bonds. The van der Waals surface area contributed by atoms with Gasteiger partial charge in [0.2, 0.25) is 0 Å². The number of rotatable bonds is 2. The standard InChI is InChI=1S/C6H8N2O/c1-9-4-6-2-3-7-5-8-6/h2-3,5H,4H2,1H3/i5D. The Labute approximate surface area is 55.1 Å². The van der Waals surface area contributed by atoms with Crippen LogP contribution in [0.3, 0.4) is 0 Å². The van der Waals surface area contributed by atoms with Crippen LogP contribution in [-0.2, 0) is 11.3 Å². The van der Waals surface area contributed by atoms with Crippen LogP contribution in [0.1, 0.15) is 7.06 Å². The molecule has 48 valence electrons. The Morgan fingerprint density at radius 1 is 1.89 bits per heavy atom. The highest BCUT2D eigenvalue weighted by atomic mass is 16.5. The predicted octanol–water partition coefficient (Wildman–Crippen LogP) is 0.623. The predicted molar refractivity (Wildman–Crippen MR) is 32.7 cm³/mol. The van der Waals surface area contributed by atoms with Gasteiger partial charge in [-0.15, -0.1) is 0 Å². The summed E-state index contributed by atoms with van der Waals surface area (Å²) in [4.78, 5) is 7.42. The van der Waals surface area contributed by atoms with Crippen LogP contribution in [0.25, 0.3) is 0 Å². The zero-order valence-corrected chi connectivity index (χ0v) is 5.16. The lowest BCUT2D eigenvalue weighted by atomic mass is 10.4. The van der Waals surface area contributed by atoms with Gasteiger partial charge in [0.05, 0.1) is 12.3 Å². The number of hydrogen-bond acceptors (Lipinski definition) is 3. The maximum Gasteiger partial charge on any atom is 0.115 e. The van der Waals surface area contributed by atoms with Crippen LogP contribution in [-0.4, -0.2) is 17.1 Å². The van der Waals surface area contributed by atoms with E-state index in [4.69, 9.17) is 6.11 Å². The van der Waals surface area contributed by atoms with Crippen molar-refractivity contribution in [2.24, 2.45) is 0 Å². The van der Waals surface area contributed by atoms with Crippen LogP contribution in [0.2, 0.25) is 0 Å². The minimum Gasteiger partial charge on any atom is -0.378 e. The fourth-order valence-corrected chi connectivity index (χ4v) is 0.515. The fraction of sp³-hybridized carbons (Fsp3) is 0.333. The smallest absolute Gasteiger partial charge is 0.115 e. The van der Waals surface area contributed by atoms with Crippen LogP contribution in [0.15, 0.2) is 18.6 Å². The van der Waals surface area contributed by atoms with Crippen molar-refractivity contribution in [3.63, 3.8) is 0 Å². The van der Waals surface area contributed by atoms with E-state index in [1.165, 1.54) is 0 Å². The van der Waals surface area contributed by atoms with Gasteiger partial charge in [0.1, 0.15) is 7.67 Å². The Morgan fingerprint density at radius 2 is 2.78 bits per heavy atom. The van der Waals surface area contributed by atoms with Crippen LogP contribution in [0.5, 0.6) is 0 Å². The Morgan fingerprint density at radius 3 is 3.44 bits per heavy atom. The molecular formula is C6H8N2O. The largest absolute Gasteiger partial charge is 0.378 e. The van der Waals surface area contributed by atoms with Gasteiger partial charge < -0.3 is 4.74 Å². The molecule has 9 heavy (non-hydrogen) atoms. The normalized spacial score (nSPS) is 11.0. The maximum absolute atomic E-state index is 7.04. The molecule has 0 radical (unpaired) electrons. The molecule has 0 N–H and O–H groups in total. The molecule has 0 fully saturated rings. The van der Waals surface area contributed by atoms with Gasteiger partial charge in [-0.05, 0) is 6.07 Å². The first-order valence-corrected chi connectivity index (χ1v) is 2.60. The van der Waals surface area contributed by atoms with Gasteiger partial charge in [-0.25, -0.2) is 9.97 Å². The van der Waals surface area contributed by atoms with E-state index < -0.39 is 0 Å². The van der Waals surface area contributed by atoms with Crippen molar-refractivity contribution in [1.29, 1.82) is 0 Å². The second-order valence-corrected chi connectivity index (χ2v) is 1.58. The zero-order chi connectivity index (χ0) is 7.40. The summed E-state index contributed by atoms with van der Waals surface area (Å²) in [7, 11) is 1.59. The molecule has 0 unspecified atom stereocenters. The van der Waals surface area contributed by atoms with E-state index in [0.29, 0.717) is 6.61 Å².